The molecule has 0 spiro atoms. The first-order valence-corrected chi connectivity index (χ1v) is 6.71. The maximum Gasteiger partial charge on any atom is 0.126 e. The number of hydrogen-bond donors (Lipinski definition) is 2. The van der Waals surface area contributed by atoms with Gasteiger partial charge < -0.3 is 0 Å². The van der Waals surface area contributed by atoms with Gasteiger partial charge >= 0.3 is 0 Å². The Balaban J connectivity index is 2.01. The standard InChI is InChI=1S/C16H16F2N2/c17-14-7-13(8-15(18)9-14)16(20-19)12-5-4-10-2-1-3-11(10)6-12/h4-9,16,20H,1-3,19H2. The summed E-state index contributed by atoms with van der Waals surface area (Å²) in [7, 11) is 0. The minimum absolute atomic E-state index is 0.411. The van der Waals surface area contributed by atoms with Gasteiger partial charge in [-0.05, 0) is 53.6 Å². The van der Waals surface area contributed by atoms with Crippen molar-refractivity contribution >= 4 is 0 Å². The lowest BCUT2D eigenvalue weighted by Crippen LogP contribution is -2.29. The summed E-state index contributed by atoms with van der Waals surface area (Å²) in [6.45, 7) is 0. The second kappa shape index (κ2) is 5.31. The third kappa shape index (κ3) is 2.44. The van der Waals surface area contributed by atoms with Crippen LogP contribution in [0.2, 0.25) is 0 Å². The number of rotatable bonds is 3. The molecule has 0 saturated carbocycles. The number of benzene rings is 2. The molecule has 1 aliphatic rings. The molecular formula is C16H16F2N2. The average molecular weight is 274 g/mol. The topological polar surface area (TPSA) is 38.0 Å². The van der Waals surface area contributed by atoms with Crippen LogP contribution in [0.4, 0.5) is 8.78 Å². The fourth-order valence-electron chi connectivity index (χ4n) is 2.90. The Morgan fingerprint density at radius 2 is 1.60 bits per heavy atom. The molecule has 1 atom stereocenters. The van der Waals surface area contributed by atoms with E-state index in [-0.39, 0.29) is 0 Å². The predicted molar refractivity (Wildman–Crippen MR) is 74.0 cm³/mol. The fourth-order valence-corrected chi connectivity index (χ4v) is 2.90. The van der Waals surface area contributed by atoms with Crippen molar-refractivity contribution in [1.29, 1.82) is 0 Å². The monoisotopic (exact) mass is 274 g/mol. The van der Waals surface area contributed by atoms with Crippen molar-refractivity contribution < 1.29 is 8.78 Å². The number of aryl methyl sites for hydroxylation is 2. The van der Waals surface area contributed by atoms with E-state index in [0.29, 0.717) is 5.56 Å². The normalized spacial score (nSPS) is 15.2. The fraction of sp³-hybridized carbons (Fsp3) is 0.250. The minimum atomic E-state index is -0.596. The first-order valence-electron chi connectivity index (χ1n) is 6.71. The molecule has 2 aromatic rings. The Morgan fingerprint density at radius 1 is 0.900 bits per heavy atom. The molecule has 3 N–H and O–H groups in total. The van der Waals surface area contributed by atoms with Gasteiger partial charge in [0.1, 0.15) is 11.6 Å². The number of nitrogens with one attached hydrogen (secondary N) is 1. The van der Waals surface area contributed by atoms with Gasteiger partial charge in [-0.25, -0.2) is 14.2 Å². The van der Waals surface area contributed by atoms with Gasteiger partial charge in [-0.15, -0.1) is 0 Å². The lowest BCUT2D eigenvalue weighted by molar-refractivity contribution is 0.566. The molecule has 0 heterocycles. The van der Waals surface area contributed by atoms with Crippen molar-refractivity contribution in [3.8, 4) is 0 Å². The Bertz CT molecular complexity index is 620. The molecule has 3 rings (SSSR count). The van der Waals surface area contributed by atoms with Gasteiger partial charge in [-0.2, -0.15) is 0 Å². The number of hydrazine groups is 1. The van der Waals surface area contributed by atoms with Crippen LogP contribution >= 0.6 is 0 Å². The lowest BCUT2D eigenvalue weighted by Gasteiger charge is -2.18. The van der Waals surface area contributed by atoms with Gasteiger partial charge in [0, 0.05) is 6.07 Å². The molecule has 104 valence electrons. The third-order valence-electron chi connectivity index (χ3n) is 3.84. The van der Waals surface area contributed by atoms with Gasteiger partial charge in [0.25, 0.3) is 0 Å². The summed E-state index contributed by atoms with van der Waals surface area (Å²) in [6, 6.07) is 9.19. The molecule has 0 radical (unpaired) electrons. The number of halogens is 2. The highest BCUT2D eigenvalue weighted by atomic mass is 19.1. The molecule has 2 nitrogen and oxygen atoms in total. The highest BCUT2D eigenvalue weighted by Gasteiger charge is 2.18. The summed E-state index contributed by atoms with van der Waals surface area (Å²) in [4.78, 5) is 0. The average Bonchev–Trinajstić information content (AvgIpc) is 2.86. The second-order valence-electron chi connectivity index (χ2n) is 5.18. The third-order valence-corrected chi connectivity index (χ3v) is 3.84. The van der Waals surface area contributed by atoms with Crippen LogP contribution < -0.4 is 11.3 Å². The molecule has 1 unspecified atom stereocenters. The van der Waals surface area contributed by atoms with E-state index in [1.54, 1.807) is 0 Å². The van der Waals surface area contributed by atoms with Gasteiger partial charge in [0.2, 0.25) is 0 Å². The van der Waals surface area contributed by atoms with E-state index in [2.05, 4.69) is 17.6 Å². The molecule has 0 saturated heterocycles. The quantitative estimate of drug-likeness (QED) is 0.667. The highest BCUT2D eigenvalue weighted by molar-refractivity contribution is 5.40. The molecule has 4 heteroatoms. The van der Waals surface area contributed by atoms with Crippen LogP contribution in [0.3, 0.4) is 0 Å². The number of nitrogens with two attached hydrogens (primary N) is 1. The zero-order chi connectivity index (χ0) is 14.1. The van der Waals surface area contributed by atoms with Crippen LogP contribution in [0.5, 0.6) is 0 Å². The Morgan fingerprint density at radius 3 is 2.30 bits per heavy atom. The SMILES string of the molecule is NNC(c1cc(F)cc(F)c1)c1ccc2c(c1)CCC2. The van der Waals surface area contributed by atoms with Crippen molar-refractivity contribution in [3.05, 3.63) is 70.3 Å². The Hall–Kier alpha value is -1.78. The van der Waals surface area contributed by atoms with Gasteiger partial charge in [0.05, 0.1) is 6.04 Å². The van der Waals surface area contributed by atoms with E-state index in [4.69, 9.17) is 5.84 Å². The minimum Gasteiger partial charge on any atom is -0.271 e. The maximum absolute atomic E-state index is 13.4. The summed E-state index contributed by atoms with van der Waals surface area (Å²) >= 11 is 0. The maximum atomic E-state index is 13.4. The van der Waals surface area contributed by atoms with Crippen molar-refractivity contribution in [1.82, 2.24) is 5.43 Å². The van der Waals surface area contributed by atoms with Crippen LogP contribution in [0.15, 0.2) is 36.4 Å². The second-order valence-corrected chi connectivity index (χ2v) is 5.18. The van der Waals surface area contributed by atoms with Crippen molar-refractivity contribution in [2.45, 2.75) is 25.3 Å². The molecule has 20 heavy (non-hydrogen) atoms. The first kappa shape index (κ1) is 13.2. The number of hydrogen-bond acceptors (Lipinski definition) is 2. The van der Waals surface area contributed by atoms with Gasteiger partial charge in [-0.1, -0.05) is 18.2 Å². The van der Waals surface area contributed by atoms with Crippen LogP contribution in [0, 0.1) is 11.6 Å². The van der Waals surface area contributed by atoms with Crippen LogP contribution in [0.25, 0.3) is 0 Å². The molecule has 2 aromatic carbocycles. The largest absolute Gasteiger partial charge is 0.271 e. The van der Waals surface area contributed by atoms with Gasteiger partial charge in [-0.3, -0.25) is 5.84 Å². The first-order chi connectivity index (χ1) is 9.67. The number of fused-ring (bicyclic) bond motifs is 1. The van der Waals surface area contributed by atoms with E-state index in [1.165, 1.54) is 23.3 Å². The lowest BCUT2D eigenvalue weighted by atomic mass is 9.96. The summed E-state index contributed by atoms with van der Waals surface area (Å²) in [5.74, 6) is 4.40. The van der Waals surface area contributed by atoms with E-state index in [9.17, 15) is 8.78 Å². The Labute approximate surface area is 116 Å². The summed E-state index contributed by atoms with van der Waals surface area (Å²) in [6.07, 6.45) is 3.32. The molecule has 0 fully saturated rings. The molecule has 0 bridgehead atoms. The smallest absolute Gasteiger partial charge is 0.126 e. The van der Waals surface area contributed by atoms with Crippen molar-refractivity contribution in [2.75, 3.05) is 0 Å². The summed E-state index contributed by atoms with van der Waals surface area (Å²) < 4.78 is 26.7. The summed E-state index contributed by atoms with van der Waals surface area (Å²) in [5, 5.41) is 0. The molecule has 1 aliphatic carbocycles. The molecule has 0 aromatic heterocycles. The van der Waals surface area contributed by atoms with Gasteiger partial charge in [0.15, 0.2) is 0 Å². The van der Waals surface area contributed by atoms with Crippen LogP contribution in [-0.4, -0.2) is 0 Å². The zero-order valence-electron chi connectivity index (χ0n) is 11.0. The van der Waals surface area contributed by atoms with Crippen molar-refractivity contribution in [3.63, 3.8) is 0 Å². The molecule has 0 aliphatic heterocycles. The van der Waals surface area contributed by atoms with E-state index >= 15 is 0 Å². The molecule has 0 amide bonds. The Kier molecular flexibility index (Phi) is 3.51. The van der Waals surface area contributed by atoms with Crippen LogP contribution in [-0.2, 0) is 12.8 Å². The van der Waals surface area contributed by atoms with E-state index < -0.39 is 17.7 Å². The zero-order valence-corrected chi connectivity index (χ0v) is 11.0. The summed E-state index contributed by atoms with van der Waals surface area (Å²) in [5.41, 5.74) is 6.73. The van der Waals surface area contributed by atoms with E-state index in [1.807, 2.05) is 6.07 Å². The van der Waals surface area contributed by atoms with Crippen molar-refractivity contribution in [2.24, 2.45) is 5.84 Å². The van der Waals surface area contributed by atoms with E-state index in [0.717, 1.165) is 30.9 Å². The highest BCUT2D eigenvalue weighted by Crippen LogP contribution is 2.28. The predicted octanol–water partition coefficient (Wildman–Crippen LogP) is 3.01. The molecular weight excluding hydrogens is 258 g/mol. The van der Waals surface area contributed by atoms with Crippen LogP contribution in [0.1, 0.15) is 34.7 Å².